The van der Waals surface area contributed by atoms with Gasteiger partial charge in [-0.15, -0.1) is 0 Å². The Bertz CT molecular complexity index is 575. The van der Waals surface area contributed by atoms with Crippen molar-refractivity contribution in [2.24, 2.45) is 5.92 Å². The van der Waals surface area contributed by atoms with Gasteiger partial charge in [-0.1, -0.05) is 23.2 Å². The number of carboxylic acid groups (broad SMARTS) is 1. The van der Waals surface area contributed by atoms with Crippen molar-refractivity contribution < 1.29 is 24.2 Å². The van der Waals surface area contributed by atoms with Gasteiger partial charge in [-0.3, -0.25) is 4.79 Å². The fourth-order valence-electron chi connectivity index (χ4n) is 2.36. The van der Waals surface area contributed by atoms with Crippen LogP contribution in [0.4, 0.5) is 0 Å². The lowest BCUT2D eigenvalue weighted by atomic mass is 9.94. The summed E-state index contributed by atoms with van der Waals surface area (Å²) in [5.74, 6) is -1.61. The van der Waals surface area contributed by atoms with E-state index in [0.717, 1.165) is 6.42 Å². The average Bonchev–Trinajstić information content (AvgIpc) is 2.54. The quantitative estimate of drug-likeness (QED) is 0.812. The Kier molecular flexibility index (Phi) is 6.50. The zero-order valence-electron chi connectivity index (χ0n) is 12.3. The first-order chi connectivity index (χ1) is 11.0. The van der Waals surface area contributed by atoms with E-state index in [1.54, 1.807) is 12.1 Å². The summed E-state index contributed by atoms with van der Waals surface area (Å²) in [7, 11) is 0. The van der Waals surface area contributed by atoms with E-state index in [4.69, 9.17) is 32.7 Å². The number of carbonyl (C=O) groups is 2. The molecule has 1 aliphatic rings. The minimum atomic E-state index is -1.09. The number of ether oxygens (including phenoxy) is 2. The zero-order valence-corrected chi connectivity index (χ0v) is 13.8. The Hall–Kier alpha value is -1.50. The van der Waals surface area contributed by atoms with E-state index < -0.39 is 17.9 Å². The lowest BCUT2D eigenvalue weighted by Gasteiger charge is -2.28. The molecule has 23 heavy (non-hydrogen) atoms. The number of hydrogen-bond acceptors (Lipinski definition) is 4. The van der Waals surface area contributed by atoms with Crippen molar-refractivity contribution in [3.05, 3.63) is 28.2 Å². The molecule has 1 saturated heterocycles. The van der Waals surface area contributed by atoms with Crippen LogP contribution in [0.3, 0.4) is 0 Å². The van der Waals surface area contributed by atoms with Gasteiger partial charge in [0.15, 0.2) is 6.61 Å². The second-order valence-electron chi connectivity index (χ2n) is 5.22. The molecule has 6 nitrogen and oxygen atoms in total. The summed E-state index contributed by atoms with van der Waals surface area (Å²) in [6.07, 6.45) is 1.47. The van der Waals surface area contributed by atoms with Crippen LogP contribution in [-0.2, 0) is 14.3 Å². The van der Waals surface area contributed by atoms with E-state index in [1.165, 1.54) is 6.07 Å². The Labute approximate surface area is 143 Å². The van der Waals surface area contributed by atoms with Crippen LogP contribution in [0.2, 0.25) is 10.0 Å². The van der Waals surface area contributed by atoms with Crippen LogP contribution in [-0.4, -0.2) is 42.8 Å². The normalized spacial score (nSPS) is 19.0. The molecule has 1 aliphatic heterocycles. The molecular formula is C15H17Cl2NO5. The fourth-order valence-corrected chi connectivity index (χ4v) is 2.69. The number of halogens is 2. The summed E-state index contributed by atoms with van der Waals surface area (Å²) in [6, 6.07) is 3.64. The van der Waals surface area contributed by atoms with Gasteiger partial charge in [-0.25, -0.2) is 4.79 Å². The number of benzene rings is 1. The molecule has 2 atom stereocenters. The van der Waals surface area contributed by atoms with E-state index in [9.17, 15) is 14.7 Å². The van der Waals surface area contributed by atoms with Gasteiger partial charge in [0.1, 0.15) is 11.8 Å². The van der Waals surface area contributed by atoms with Gasteiger partial charge in [0.2, 0.25) is 0 Å². The summed E-state index contributed by atoms with van der Waals surface area (Å²) in [5, 5.41) is 12.5. The third-order valence-corrected chi connectivity index (χ3v) is 4.05. The third kappa shape index (κ3) is 5.27. The van der Waals surface area contributed by atoms with Crippen molar-refractivity contribution >= 4 is 35.1 Å². The van der Waals surface area contributed by atoms with Crippen molar-refractivity contribution in [1.29, 1.82) is 0 Å². The van der Waals surface area contributed by atoms with E-state index in [1.807, 2.05) is 0 Å². The zero-order chi connectivity index (χ0) is 16.8. The van der Waals surface area contributed by atoms with Crippen LogP contribution >= 0.6 is 23.2 Å². The fraction of sp³-hybridized carbons (Fsp3) is 0.467. The summed E-state index contributed by atoms with van der Waals surface area (Å²) >= 11 is 11.8. The summed E-state index contributed by atoms with van der Waals surface area (Å²) in [6.45, 7) is 0.586. The van der Waals surface area contributed by atoms with Crippen molar-refractivity contribution in [3.8, 4) is 5.75 Å². The molecule has 0 aromatic heterocycles. The molecule has 0 spiro atoms. The maximum Gasteiger partial charge on any atom is 0.326 e. The van der Waals surface area contributed by atoms with Gasteiger partial charge in [0.05, 0.1) is 11.6 Å². The van der Waals surface area contributed by atoms with Crippen molar-refractivity contribution in [3.63, 3.8) is 0 Å². The molecule has 2 unspecified atom stereocenters. The first-order valence-corrected chi connectivity index (χ1v) is 7.90. The number of aliphatic carboxylic acids is 1. The van der Waals surface area contributed by atoms with Gasteiger partial charge >= 0.3 is 5.97 Å². The number of rotatable bonds is 6. The Morgan fingerprint density at radius 1 is 1.43 bits per heavy atom. The number of amides is 1. The van der Waals surface area contributed by atoms with Crippen LogP contribution in [0.1, 0.15) is 12.8 Å². The lowest BCUT2D eigenvalue weighted by molar-refractivity contribution is -0.145. The first-order valence-electron chi connectivity index (χ1n) is 7.15. The molecule has 1 aromatic rings. The summed E-state index contributed by atoms with van der Waals surface area (Å²) in [4.78, 5) is 23.3. The minimum absolute atomic E-state index is 0.250. The smallest absolute Gasteiger partial charge is 0.326 e. The van der Waals surface area contributed by atoms with Gasteiger partial charge in [0, 0.05) is 23.6 Å². The third-order valence-electron chi connectivity index (χ3n) is 3.50. The molecule has 0 bridgehead atoms. The Morgan fingerprint density at radius 2 is 2.22 bits per heavy atom. The molecule has 0 saturated carbocycles. The monoisotopic (exact) mass is 361 g/mol. The van der Waals surface area contributed by atoms with Crippen molar-refractivity contribution in [1.82, 2.24) is 5.32 Å². The molecule has 1 aromatic carbocycles. The van der Waals surface area contributed by atoms with Gasteiger partial charge in [0.25, 0.3) is 5.91 Å². The van der Waals surface area contributed by atoms with Crippen LogP contribution in [0.25, 0.3) is 0 Å². The highest BCUT2D eigenvalue weighted by molar-refractivity contribution is 6.34. The highest BCUT2D eigenvalue weighted by Crippen LogP contribution is 2.27. The SMILES string of the molecule is O=C(COc1cc(Cl)ccc1Cl)NC(C(=O)O)C1CCCOC1. The highest BCUT2D eigenvalue weighted by atomic mass is 35.5. The molecule has 1 fully saturated rings. The van der Waals surface area contributed by atoms with Crippen molar-refractivity contribution in [2.75, 3.05) is 19.8 Å². The molecule has 8 heteroatoms. The van der Waals surface area contributed by atoms with Gasteiger partial charge in [-0.05, 0) is 25.0 Å². The Morgan fingerprint density at radius 3 is 2.87 bits per heavy atom. The maximum absolute atomic E-state index is 12.0. The number of hydrogen-bond donors (Lipinski definition) is 2. The molecule has 1 heterocycles. The highest BCUT2D eigenvalue weighted by Gasteiger charge is 2.31. The van der Waals surface area contributed by atoms with Crippen LogP contribution in [0.15, 0.2) is 18.2 Å². The summed E-state index contributed by atoms with van der Waals surface area (Å²) in [5.41, 5.74) is 0. The molecule has 0 aliphatic carbocycles. The van der Waals surface area contributed by atoms with Gasteiger partial charge in [-0.2, -0.15) is 0 Å². The second kappa shape index (κ2) is 8.38. The molecule has 126 valence electrons. The first kappa shape index (κ1) is 17.8. The summed E-state index contributed by atoms with van der Waals surface area (Å²) < 4.78 is 10.6. The average molecular weight is 362 g/mol. The number of nitrogens with one attached hydrogen (secondary N) is 1. The van der Waals surface area contributed by atoms with Gasteiger partial charge < -0.3 is 19.9 Å². The predicted octanol–water partition coefficient (Wildman–Crippen LogP) is 2.37. The van der Waals surface area contributed by atoms with E-state index >= 15 is 0 Å². The van der Waals surface area contributed by atoms with Crippen LogP contribution in [0, 0.1) is 5.92 Å². The van der Waals surface area contributed by atoms with E-state index in [0.29, 0.717) is 29.7 Å². The molecule has 0 radical (unpaired) electrons. The maximum atomic E-state index is 12.0. The molecule has 2 N–H and O–H groups in total. The predicted molar refractivity (Wildman–Crippen MR) is 85.1 cm³/mol. The molecule has 1 amide bonds. The van der Waals surface area contributed by atoms with Crippen LogP contribution in [0.5, 0.6) is 5.75 Å². The standard InChI is InChI=1S/C15H17Cl2NO5/c16-10-3-4-11(17)12(6-10)23-8-13(19)18-14(15(20)21)9-2-1-5-22-7-9/h3-4,6,9,14H,1-2,5,7-8H2,(H,18,19)(H,20,21). The molecule has 2 rings (SSSR count). The van der Waals surface area contributed by atoms with Crippen LogP contribution < -0.4 is 10.1 Å². The van der Waals surface area contributed by atoms with E-state index in [-0.39, 0.29) is 18.3 Å². The lowest BCUT2D eigenvalue weighted by Crippen LogP contribution is -2.49. The topological polar surface area (TPSA) is 84.9 Å². The minimum Gasteiger partial charge on any atom is -0.482 e. The Balaban J connectivity index is 1.91. The van der Waals surface area contributed by atoms with Crippen molar-refractivity contribution in [2.45, 2.75) is 18.9 Å². The second-order valence-corrected chi connectivity index (χ2v) is 6.07. The number of carboxylic acids is 1. The largest absolute Gasteiger partial charge is 0.482 e. The number of carbonyl (C=O) groups excluding carboxylic acids is 1. The van der Waals surface area contributed by atoms with E-state index in [2.05, 4.69) is 5.32 Å². The molecular weight excluding hydrogens is 345 g/mol.